The third kappa shape index (κ3) is 3.30. The molecule has 1 aromatic heterocycles. The van der Waals surface area contributed by atoms with Crippen LogP contribution >= 0.6 is 0 Å². The fourth-order valence-corrected chi connectivity index (χ4v) is 2.16. The Labute approximate surface area is 90.4 Å². The largest absolute Gasteiger partial charge is 0.339 e. The summed E-state index contributed by atoms with van der Waals surface area (Å²) in [5.74, 6) is 2.36. The third-order valence-corrected chi connectivity index (χ3v) is 2.99. The van der Waals surface area contributed by atoms with Crippen molar-refractivity contribution in [3.8, 4) is 0 Å². The van der Waals surface area contributed by atoms with Crippen molar-refractivity contribution in [3.05, 3.63) is 11.7 Å². The van der Waals surface area contributed by atoms with E-state index in [4.69, 9.17) is 4.52 Å². The van der Waals surface area contributed by atoms with Gasteiger partial charge < -0.3 is 9.84 Å². The highest BCUT2D eigenvalue weighted by Crippen LogP contribution is 2.23. The minimum Gasteiger partial charge on any atom is -0.339 e. The summed E-state index contributed by atoms with van der Waals surface area (Å²) in [6, 6.07) is 0. The van der Waals surface area contributed by atoms with Crippen LogP contribution in [-0.4, -0.2) is 23.2 Å². The lowest BCUT2D eigenvalue weighted by Crippen LogP contribution is -2.23. The molecule has 0 unspecified atom stereocenters. The maximum Gasteiger partial charge on any atom is 0.227 e. The molecule has 0 atom stereocenters. The van der Waals surface area contributed by atoms with E-state index in [1.165, 1.54) is 25.7 Å². The van der Waals surface area contributed by atoms with Gasteiger partial charge in [0.1, 0.15) is 0 Å². The predicted octanol–water partition coefficient (Wildman–Crippen LogP) is 1.70. The van der Waals surface area contributed by atoms with Gasteiger partial charge in [-0.2, -0.15) is 4.98 Å². The first-order chi connectivity index (χ1) is 7.34. The highest BCUT2D eigenvalue weighted by atomic mass is 16.5. The summed E-state index contributed by atoms with van der Waals surface area (Å²) in [6.07, 6.45) is 6.46. The quantitative estimate of drug-likeness (QED) is 0.750. The van der Waals surface area contributed by atoms with Crippen LogP contribution in [0.15, 0.2) is 4.52 Å². The van der Waals surface area contributed by atoms with E-state index in [2.05, 4.69) is 15.5 Å². The average molecular weight is 209 g/mol. The highest BCUT2D eigenvalue weighted by Gasteiger charge is 2.13. The molecular weight excluding hydrogens is 190 g/mol. The van der Waals surface area contributed by atoms with Crippen molar-refractivity contribution >= 4 is 0 Å². The van der Waals surface area contributed by atoms with E-state index in [9.17, 15) is 0 Å². The summed E-state index contributed by atoms with van der Waals surface area (Å²) in [5.41, 5.74) is 0. The number of nitrogens with one attached hydrogen (secondary N) is 1. The van der Waals surface area contributed by atoms with Crippen LogP contribution in [-0.2, 0) is 6.42 Å². The molecule has 1 fully saturated rings. The number of hydrogen-bond acceptors (Lipinski definition) is 4. The Kier molecular flexibility index (Phi) is 3.72. The van der Waals surface area contributed by atoms with Crippen molar-refractivity contribution in [3.63, 3.8) is 0 Å². The normalized spacial score (nSPS) is 17.4. The summed E-state index contributed by atoms with van der Waals surface area (Å²) < 4.78 is 5.04. The van der Waals surface area contributed by atoms with Gasteiger partial charge >= 0.3 is 0 Å². The lowest BCUT2D eigenvalue weighted by atomic mass is 10.1. The van der Waals surface area contributed by atoms with E-state index in [0.29, 0.717) is 0 Å². The maximum absolute atomic E-state index is 5.04. The monoisotopic (exact) mass is 209 g/mol. The number of rotatable bonds is 5. The Bertz CT molecular complexity index is 292. The van der Waals surface area contributed by atoms with Gasteiger partial charge in [-0.05, 0) is 32.2 Å². The lowest BCUT2D eigenvalue weighted by Gasteiger charge is -2.08. The van der Waals surface area contributed by atoms with Crippen molar-refractivity contribution in [2.24, 2.45) is 5.92 Å². The van der Waals surface area contributed by atoms with Crippen LogP contribution in [0, 0.1) is 12.8 Å². The lowest BCUT2D eigenvalue weighted by molar-refractivity contribution is 0.370. The Morgan fingerprint density at radius 2 is 2.20 bits per heavy atom. The molecule has 0 amide bonds. The van der Waals surface area contributed by atoms with Crippen LogP contribution < -0.4 is 5.32 Å². The first-order valence-corrected chi connectivity index (χ1v) is 5.84. The maximum atomic E-state index is 5.04. The Morgan fingerprint density at radius 3 is 2.87 bits per heavy atom. The molecule has 1 aliphatic rings. The summed E-state index contributed by atoms with van der Waals surface area (Å²) in [5, 5.41) is 7.22. The summed E-state index contributed by atoms with van der Waals surface area (Å²) in [7, 11) is 0. The van der Waals surface area contributed by atoms with Gasteiger partial charge in [0.2, 0.25) is 5.89 Å². The molecule has 1 N–H and O–H groups in total. The third-order valence-electron chi connectivity index (χ3n) is 2.99. The van der Waals surface area contributed by atoms with Gasteiger partial charge in [-0.3, -0.25) is 0 Å². The average Bonchev–Trinajstić information content (AvgIpc) is 2.84. The van der Waals surface area contributed by atoms with Crippen molar-refractivity contribution in [1.29, 1.82) is 0 Å². The molecule has 0 spiro atoms. The number of nitrogens with zero attached hydrogens (tertiary/aromatic N) is 2. The molecule has 1 aliphatic carbocycles. The SMILES string of the molecule is Cc1noc(CCNCC2CCCC2)n1. The zero-order valence-electron chi connectivity index (χ0n) is 9.33. The first kappa shape index (κ1) is 10.6. The standard InChI is InChI=1S/C11H19N3O/c1-9-13-11(15-14-9)6-7-12-8-10-4-2-3-5-10/h10,12H,2-8H2,1H3. The van der Waals surface area contributed by atoms with Crippen molar-refractivity contribution in [1.82, 2.24) is 15.5 Å². The van der Waals surface area contributed by atoms with Crippen molar-refractivity contribution in [2.45, 2.75) is 39.0 Å². The van der Waals surface area contributed by atoms with E-state index < -0.39 is 0 Å². The van der Waals surface area contributed by atoms with E-state index in [1.807, 2.05) is 6.92 Å². The van der Waals surface area contributed by atoms with Gasteiger partial charge in [-0.25, -0.2) is 0 Å². The molecule has 1 heterocycles. The van der Waals surface area contributed by atoms with Gasteiger partial charge in [0.05, 0.1) is 0 Å². The minimum absolute atomic E-state index is 0.723. The molecule has 4 heteroatoms. The molecule has 0 aliphatic heterocycles. The second-order valence-electron chi connectivity index (χ2n) is 4.34. The molecule has 0 saturated heterocycles. The Balaban J connectivity index is 1.58. The second kappa shape index (κ2) is 5.26. The molecule has 2 rings (SSSR count). The Hall–Kier alpha value is -0.900. The number of aryl methyl sites for hydroxylation is 1. The van der Waals surface area contributed by atoms with Crippen LogP contribution in [0.25, 0.3) is 0 Å². The summed E-state index contributed by atoms with van der Waals surface area (Å²) >= 11 is 0. The summed E-state index contributed by atoms with van der Waals surface area (Å²) in [6.45, 7) is 3.93. The second-order valence-corrected chi connectivity index (χ2v) is 4.34. The van der Waals surface area contributed by atoms with Crippen LogP contribution in [0.5, 0.6) is 0 Å². The van der Waals surface area contributed by atoms with Crippen LogP contribution in [0.2, 0.25) is 0 Å². The fraction of sp³-hybridized carbons (Fsp3) is 0.818. The van der Waals surface area contributed by atoms with E-state index >= 15 is 0 Å². The van der Waals surface area contributed by atoms with Gasteiger partial charge in [0, 0.05) is 13.0 Å². The van der Waals surface area contributed by atoms with E-state index in [0.717, 1.165) is 37.1 Å². The Morgan fingerprint density at radius 1 is 1.40 bits per heavy atom. The van der Waals surface area contributed by atoms with Crippen LogP contribution in [0.1, 0.15) is 37.4 Å². The topological polar surface area (TPSA) is 51.0 Å². The molecule has 0 radical (unpaired) electrons. The van der Waals surface area contributed by atoms with Crippen molar-refractivity contribution < 1.29 is 4.52 Å². The smallest absolute Gasteiger partial charge is 0.227 e. The molecule has 1 saturated carbocycles. The van der Waals surface area contributed by atoms with Gasteiger partial charge in [-0.1, -0.05) is 18.0 Å². The number of aromatic nitrogens is 2. The number of hydrogen-bond donors (Lipinski definition) is 1. The molecule has 0 aromatic carbocycles. The minimum atomic E-state index is 0.723. The van der Waals surface area contributed by atoms with E-state index in [-0.39, 0.29) is 0 Å². The fourth-order valence-electron chi connectivity index (χ4n) is 2.16. The summed E-state index contributed by atoms with van der Waals surface area (Å²) in [4.78, 5) is 4.16. The van der Waals surface area contributed by atoms with Gasteiger partial charge in [0.15, 0.2) is 5.82 Å². The molecule has 1 aromatic rings. The first-order valence-electron chi connectivity index (χ1n) is 5.84. The molecule has 0 bridgehead atoms. The zero-order valence-corrected chi connectivity index (χ0v) is 9.33. The van der Waals surface area contributed by atoms with Crippen LogP contribution in [0.3, 0.4) is 0 Å². The van der Waals surface area contributed by atoms with Gasteiger partial charge in [-0.15, -0.1) is 0 Å². The van der Waals surface area contributed by atoms with E-state index in [1.54, 1.807) is 0 Å². The highest BCUT2D eigenvalue weighted by molar-refractivity contribution is 4.83. The molecule has 15 heavy (non-hydrogen) atoms. The van der Waals surface area contributed by atoms with Crippen molar-refractivity contribution in [2.75, 3.05) is 13.1 Å². The predicted molar refractivity (Wildman–Crippen MR) is 57.6 cm³/mol. The van der Waals surface area contributed by atoms with Crippen LogP contribution in [0.4, 0.5) is 0 Å². The molecule has 84 valence electrons. The molecular formula is C11H19N3O. The molecule has 4 nitrogen and oxygen atoms in total. The van der Waals surface area contributed by atoms with Gasteiger partial charge in [0.25, 0.3) is 0 Å². The zero-order chi connectivity index (χ0) is 10.5.